The normalized spacial score (nSPS) is 11.9. The number of nitrogens with one attached hydrogen (secondary N) is 2. The third-order valence-corrected chi connectivity index (χ3v) is 2.99. The Hall–Kier alpha value is -1.59. The average molecular weight is 280 g/mol. The summed E-state index contributed by atoms with van der Waals surface area (Å²) in [5, 5.41) is 6.06. The minimum absolute atomic E-state index is 0.00890. The Morgan fingerprint density at radius 1 is 1.25 bits per heavy atom. The monoisotopic (exact) mass is 280 g/mol. The van der Waals surface area contributed by atoms with Gasteiger partial charge in [0, 0.05) is 26.8 Å². The van der Waals surface area contributed by atoms with Gasteiger partial charge in [-0.3, -0.25) is 4.79 Å². The third kappa shape index (κ3) is 6.04. The zero-order chi connectivity index (χ0) is 14.8. The SMILES string of the molecule is COCCCNC(=O)C(C)NCc1ccc(OC)cc1. The fourth-order valence-electron chi connectivity index (χ4n) is 1.69. The summed E-state index contributed by atoms with van der Waals surface area (Å²) in [4.78, 5) is 11.8. The van der Waals surface area contributed by atoms with Crippen LogP contribution in [-0.2, 0) is 16.1 Å². The van der Waals surface area contributed by atoms with E-state index in [1.54, 1.807) is 14.2 Å². The number of methoxy groups -OCH3 is 2. The standard InChI is InChI=1S/C15H24N2O3/c1-12(15(18)16-9-4-10-19-2)17-11-13-5-7-14(20-3)8-6-13/h5-8,12,17H,4,9-11H2,1-3H3,(H,16,18). The van der Waals surface area contributed by atoms with Gasteiger partial charge in [0.05, 0.1) is 13.2 Å². The first-order chi connectivity index (χ1) is 9.67. The lowest BCUT2D eigenvalue weighted by atomic mass is 10.2. The maximum atomic E-state index is 11.8. The number of amides is 1. The lowest BCUT2D eigenvalue weighted by Gasteiger charge is -2.14. The van der Waals surface area contributed by atoms with E-state index in [-0.39, 0.29) is 11.9 Å². The molecule has 1 rings (SSSR count). The zero-order valence-corrected chi connectivity index (χ0v) is 12.4. The van der Waals surface area contributed by atoms with E-state index in [0.717, 1.165) is 17.7 Å². The summed E-state index contributed by atoms with van der Waals surface area (Å²) in [5.41, 5.74) is 1.12. The van der Waals surface area contributed by atoms with Gasteiger partial charge in [-0.1, -0.05) is 12.1 Å². The van der Waals surface area contributed by atoms with E-state index in [9.17, 15) is 4.79 Å². The lowest BCUT2D eigenvalue weighted by Crippen LogP contribution is -2.42. The molecule has 5 nitrogen and oxygen atoms in total. The summed E-state index contributed by atoms with van der Waals surface area (Å²) in [6.45, 7) is 3.81. The van der Waals surface area contributed by atoms with Crippen molar-refractivity contribution in [1.29, 1.82) is 0 Å². The maximum absolute atomic E-state index is 11.8. The molecular formula is C15H24N2O3. The minimum atomic E-state index is -0.223. The van der Waals surface area contributed by atoms with Crippen LogP contribution in [0.5, 0.6) is 5.75 Å². The van der Waals surface area contributed by atoms with Gasteiger partial charge in [-0.2, -0.15) is 0 Å². The number of carbonyl (C=O) groups is 1. The summed E-state index contributed by atoms with van der Waals surface area (Å²) in [6.07, 6.45) is 0.827. The second kappa shape index (κ2) is 9.34. The summed E-state index contributed by atoms with van der Waals surface area (Å²) >= 11 is 0. The zero-order valence-electron chi connectivity index (χ0n) is 12.4. The van der Waals surface area contributed by atoms with Crippen molar-refractivity contribution in [2.24, 2.45) is 0 Å². The summed E-state index contributed by atoms with van der Waals surface area (Å²) in [6, 6.07) is 7.56. The highest BCUT2D eigenvalue weighted by Crippen LogP contribution is 2.11. The lowest BCUT2D eigenvalue weighted by molar-refractivity contribution is -0.122. The summed E-state index contributed by atoms with van der Waals surface area (Å²) in [7, 11) is 3.30. The van der Waals surface area contributed by atoms with E-state index in [4.69, 9.17) is 9.47 Å². The molecule has 0 saturated carbocycles. The predicted octanol–water partition coefficient (Wildman–Crippen LogP) is 1.33. The van der Waals surface area contributed by atoms with Crippen LogP contribution >= 0.6 is 0 Å². The Kier molecular flexibility index (Phi) is 7.69. The first-order valence-corrected chi connectivity index (χ1v) is 6.80. The van der Waals surface area contributed by atoms with Gasteiger partial charge in [0.15, 0.2) is 0 Å². The van der Waals surface area contributed by atoms with E-state index >= 15 is 0 Å². The first kappa shape index (κ1) is 16.5. The number of rotatable bonds is 9. The van der Waals surface area contributed by atoms with E-state index in [0.29, 0.717) is 19.7 Å². The Morgan fingerprint density at radius 3 is 2.55 bits per heavy atom. The Labute approximate surface area is 120 Å². The first-order valence-electron chi connectivity index (χ1n) is 6.80. The molecule has 1 aromatic carbocycles. The smallest absolute Gasteiger partial charge is 0.236 e. The molecule has 1 amide bonds. The van der Waals surface area contributed by atoms with Gasteiger partial charge in [-0.05, 0) is 31.0 Å². The molecule has 0 spiro atoms. The summed E-state index contributed by atoms with van der Waals surface area (Å²) < 4.78 is 10.0. The molecule has 1 aromatic rings. The third-order valence-electron chi connectivity index (χ3n) is 2.99. The van der Waals surface area contributed by atoms with Crippen molar-refractivity contribution in [2.45, 2.75) is 25.9 Å². The Balaban J connectivity index is 2.27. The van der Waals surface area contributed by atoms with Crippen molar-refractivity contribution < 1.29 is 14.3 Å². The van der Waals surface area contributed by atoms with Gasteiger partial charge >= 0.3 is 0 Å². The molecule has 0 fully saturated rings. The van der Waals surface area contributed by atoms with Crippen molar-refractivity contribution in [3.8, 4) is 5.75 Å². The minimum Gasteiger partial charge on any atom is -0.497 e. The van der Waals surface area contributed by atoms with Crippen molar-refractivity contribution in [3.63, 3.8) is 0 Å². The van der Waals surface area contributed by atoms with Gasteiger partial charge in [-0.15, -0.1) is 0 Å². The van der Waals surface area contributed by atoms with Crippen LogP contribution in [0.1, 0.15) is 18.9 Å². The largest absolute Gasteiger partial charge is 0.497 e. The fraction of sp³-hybridized carbons (Fsp3) is 0.533. The van der Waals surface area contributed by atoms with E-state index in [1.807, 2.05) is 31.2 Å². The molecule has 0 aliphatic heterocycles. The molecule has 2 N–H and O–H groups in total. The number of carbonyl (C=O) groups excluding carboxylic acids is 1. The number of hydrogen-bond acceptors (Lipinski definition) is 4. The van der Waals surface area contributed by atoms with Crippen molar-refractivity contribution in [2.75, 3.05) is 27.4 Å². The molecule has 0 aromatic heterocycles. The molecule has 0 saturated heterocycles. The molecule has 112 valence electrons. The van der Waals surface area contributed by atoms with Crippen LogP contribution in [0.15, 0.2) is 24.3 Å². The molecular weight excluding hydrogens is 256 g/mol. The Bertz CT molecular complexity index is 393. The van der Waals surface area contributed by atoms with Gasteiger partial charge in [0.1, 0.15) is 5.75 Å². The van der Waals surface area contributed by atoms with Gasteiger partial charge in [-0.25, -0.2) is 0 Å². The predicted molar refractivity (Wildman–Crippen MR) is 78.8 cm³/mol. The van der Waals surface area contributed by atoms with Crippen molar-refractivity contribution >= 4 is 5.91 Å². The van der Waals surface area contributed by atoms with Gasteiger partial charge < -0.3 is 20.1 Å². The van der Waals surface area contributed by atoms with Crippen LogP contribution < -0.4 is 15.4 Å². The summed E-state index contributed by atoms with van der Waals surface area (Å²) in [5.74, 6) is 0.840. The van der Waals surface area contributed by atoms with Crippen molar-refractivity contribution in [3.05, 3.63) is 29.8 Å². The fourth-order valence-corrected chi connectivity index (χ4v) is 1.69. The van der Waals surface area contributed by atoms with E-state index in [1.165, 1.54) is 0 Å². The highest BCUT2D eigenvalue weighted by molar-refractivity contribution is 5.81. The molecule has 0 aliphatic carbocycles. The van der Waals surface area contributed by atoms with Crippen LogP contribution in [0, 0.1) is 0 Å². The second-order valence-corrected chi connectivity index (χ2v) is 4.59. The molecule has 1 atom stereocenters. The highest BCUT2D eigenvalue weighted by Gasteiger charge is 2.11. The van der Waals surface area contributed by atoms with E-state index < -0.39 is 0 Å². The van der Waals surface area contributed by atoms with Crippen LogP contribution in [0.2, 0.25) is 0 Å². The topological polar surface area (TPSA) is 59.6 Å². The number of hydrogen-bond donors (Lipinski definition) is 2. The van der Waals surface area contributed by atoms with E-state index in [2.05, 4.69) is 10.6 Å². The molecule has 0 aliphatic rings. The Morgan fingerprint density at radius 2 is 1.95 bits per heavy atom. The molecule has 1 unspecified atom stereocenters. The van der Waals surface area contributed by atoms with Crippen LogP contribution in [0.25, 0.3) is 0 Å². The van der Waals surface area contributed by atoms with Crippen LogP contribution in [0.4, 0.5) is 0 Å². The van der Waals surface area contributed by atoms with Crippen LogP contribution in [-0.4, -0.2) is 39.3 Å². The van der Waals surface area contributed by atoms with Crippen LogP contribution in [0.3, 0.4) is 0 Å². The number of benzene rings is 1. The molecule has 5 heteroatoms. The number of ether oxygens (including phenoxy) is 2. The average Bonchev–Trinajstić information content (AvgIpc) is 2.49. The quantitative estimate of drug-likeness (QED) is 0.670. The second-order valence-electron chi connectivity index (χ2n) is 4.59. The highest BCUT2D eigenvalue weighted by atomic mass is 16.5. The van der Waals surface area contributed by atoms with Gasteiger partial charge in [0.25, 0.3) is 0 Å². The van der Waals surface area contributed by atoms with Gasteiger partial charge in [0.2, 0.25) is 5.91 Å². The van der Waals surface area contributed by atoms with Crippen molar-refractivity contribution in [1.82, 2.24) is 10.6 Å². The maximum Gasteiger partial charge on any atom is 0.236 e. The molecule has 0 bridgehead atoms. The molecule has 0 radical (unpaired) electrons. The molecule has 0 heterocycles. The molecule has 20 heavy (non-hydrogen) atoms.